The average Bonchev–Trinajstić information content (AvgIpc) is 3.06. The molecule has 0 fully saturated rings. The normalized spacial score (nSPS) is 15.8. The van der Waals surface area contributed by atoms with Crippen molar-refractivity contribution in [3.63, 3.8) is 0 Å². The van der Waals surface area contributed by atoms with E-state index in [0.29, 0.717) is 42.2 Å². The van der Waals surface area contributed by atoms with Crippen molar-refractivity contribution in [1.82, 2.24) is 9.80 Å². The van der Waals surface area contributed by atoms with Gasteiger partial charge in [-0.05, 0) is 41.7 Å². The molecule has 4 rings (SSSR count). The van der Waals surface area contributed by atoms with Crippen LogP contribution in [0.3, 0.4) is 0 Å². The highest BCUT2D eigenvalue weighted by Crippen LogP contribution is 2.35. The number of unbranched alkanes of at least 4 members (excludes halogenated alkanes) is 3. The topological polar surface area (TPSA) is 69.7 Å². The molecule has 2 aliphatic rings. The van der Waals surface area contributed by atoms with E-state index in [2.05, 4.69) is 29.3 Å². The third-order valence-corrected chi connectivity index (χ3v) is 6.32. The Hall–Kier alpha value is -3.41. The molecule has 1 N–H and O–H groups in total. The molecule has 2 aromatic rings. The highest BCUT2D eigenvalue weighted by Gasteiger charge is 2.41. The Morgan fingerprint density at radius 1 is 0.939 bits per heavy atom. The maximum Gasteiger partial charge on any atom is 0.277 e. The summed E-state index contributed by atoms with van der Waals surface area (Å²) in [6.45, 7) is 5.35. The molecule has 0 radical (unpaired) electrons. The van der Waals surface area contributed by atoms with Crippen LogP contribution in [0.25, 0.3) is 5.57 Å². The number of fused-ring (bicyclic) bond motifs is 1. The van der Waals surface area contributed by atoms with Crippen LogP contribution in [0.15, 0.2) is 54.2 Å². The lowest BCUT2D eigenvalue weighted by atomic mass is 9.97. The van der Waals surface area contributed by atoms with Crippen LogP contribution in [-0.4, -0.2) is 40.6 Å². The second-order valence-electron chi connectivity index (χ2n) is 8.75. The highest BCUT2D eigenvalue weighted by atomic mass is 16.2. The van der Waals surface area contributed by atoms with Gasteiger partial charge in [-0.15, -0.1) is 0 Å². The summed E-state index contributed by atoms with van der Waals surface area (Å²) in [6, 6.07) is 15.4. The molecular weight excluding hydrogens is 414 g/mol. The number of imide groups is 1. The first-order valence-electron chi connectivity index (χ1n) is 11.8. The van der Waals surface area contributed by atoms with Gasteiger partial charge in [0.1, 0.15) is 5.70 Å². The fourth-order valence-electron chi connectivity index (χ4n) is 4.63. The van der Waals surface area contributed by atoms with Crippen molar-refractivity contribution >= 4 is 29.0 Å². The van der Waals surface area contributed by atoms with Crippen molar-refractivity contribution in [2.75, 3.05) is 18.4 Å². The Labute approximate surface area is 195 Å². The number of hydrogen-bond donors (Lipinski definition) is 1. The van der Waals surface area contributed by atoms with Crippen molar-refractivity contribution in [1.29, 1.82) is 0 Å². The number of nitrogens with one attached hydrogen (secondary N) is 1. The number of carbonyl (C=O) groups excluding carboxylic acids is 3. The number of benzene rings is 2. The molecule has 6 heteroatoms. The summed E-state index contributed by atoms with van der Waals surface area (Å²) in [4.78, 5) is 41.9. The SMILES string of the molecule is CCCCCCN1C(=O)C(c2ccc(NC(C)=O)cc2)=C(N2CCc3ccccc3C2)C1=O. The molecular formula is C27H31N3O3. The van der Waals surface area contributed by atoms with Gasteiger partial charge in [-0.1, -0.05) is 62.6 Å². The van der Waals surface area contributed by atoms with Gasteiger partial charge in [0.25, 0.3) is 11.8 Å². The zero-order chi connectivity index (χ0) is 23.4. The summed E-state index contributed by atoms with van der Waals surface area (Å²) in [6.07, 6.45) is 4.85. The lowest BCUT2D eigenvalue weighted by Crippen LogP contribution is -2.37. The predicted octanol–water partition coefficient (Wildman–Crippen LogP) is 4.36. The lowest BCUT2D eigenvalue weighted by Gasteiger charge is -2.31. The molecule has 0 bridgehead atoms. The van der Waals surface area contributed by atoms with E-state index in [1.165, 1.54) is 23.0 Å². The number of carbonyl (C=O) groups is 3. The van der Waals surface area contributed by atoms with Crippen LogP contribution in [0, 0.1) is 0 Å². The Balaban J connectivity index is 1.67. The van der Waals surface area contributed by atoms with Gasteiger partial charge >= 0.3 is 0 Å². The van der Waals surface area contributed by atoms with E-state index in [0.717, 1.165) is 32.1 Å². The van der Waals surface area contributed by atoms with Crippen molar-refractivity contribution in [3.8, 4) is 0 Å². The van der Waals surface area contributed by atoms with Crippen LogP contribution < -0.4 is 5.32 Å². The molecule has 0 aliphatic carbocycles. The van der Waals surface area contributed by atoms with Gasteiger partial charge in [-0.25, -0.2) is 0 Å². The molecule has 0 atom stereocenters. The van der Waals surface area contributed by atoms with Gasteiger partial charge in [-0.2, -0.15) is 0 Å². The minimum Gasteiger partial charge on any atom is -0.362 e. The zero-order valence-corrected chi connectivity index (χ0v) is 19.4. The van der Waals surface area contributed by atoms with Crippen LogP contribution in [-0.2, 0) is 27.3 Å². The smallest absolute Gasteiger partial charge is 0.277 e. The summed E-state index contributed by atoms with van der Waals surface area (Å²) in [5, 5.41) is 2.75. The van der Waals surface area contributed by atoms with Crippen LogP contribution in [0.4, 0.5) is 5.69 Å². The summed E-state index contributed by atoms with van der Waals surface area (Å²) >= 11 is 0. The Bertz CT molecular complexity index is 1090. The van der Waals surface area contributed by atoms with Crippen molar-refractivity contribution in [2.24, 2.45) is 0 Å². The van der Waals surface area contributed by atoms with Gasteiger partial charge in [0.15, 0.2) is 0 Å². The van der Waals surface area contributed by atoms with E-state index >= 15 is 0 Å². The minimum absolute atomic E-state index is 0.153. The summed E-state index contributed by atoms with van der Waals surface area (Å²) in [5.74, 6) is -0.575. The van der Waals surface area contributed by atoms with Crippen molar-refractivity contribution in [2.45, 2.75) is 52.5 Å². The first kappa shape index (κ1) is 22.8. The third kappa shape index (κ3) is 4.85. The van der Waals surface area contributed by atoms with Crippen LogP contribution in [0.2, 0.25) is 0 Å². The van der Waals surface area contributed by atoms with Crippen LogP contribution in [0.5, 0.6) is 0 Å². The third-order valence-electron chi connectivity index (χ3n) is 6.32. The second kappa shape index (κ2) is 10.0. The molecule has 0 saturated carbocycles. The quantitative estimate of drug-likeness (QED) is 0.484. The van der Waals surface area contributed by atoms with Gasteiger partial charge < -0.3 is 10.2 Å². The molecule has 0 unspecified atom stereocenters. The molecule has 172 valence electrons. The van der Waals surface area contributed by atoms with Crippen LogP contribution in [0.1, 0.15) is 56.2 Å². The van der Waals surface area contributed by atoms with E-state index in [-0.39, 0.29) is 17.7 Å². The number of hydrogen-bond acceptors (Lipinski definition) is 4. The van der Waals surface area contributed by atoms with E-state index in [1.54, 1.807) is 12.1 Å². The van der Waals surface area contributed by atoms with Crippen molar-refractivity contribution in [3.05, 3.63) is 70.9 Å². The Morgan fingerprint density at radius 3 is 2.36 bits per heavy atom. The minimum atomic E-state index is -0.224. The second-order valence-corrected chi connectivity index (χ2v) is 8.75. The Morgan fingerprint density at radius 2 is 1.67 bits per heavy atom. The van der Waals surface area contributed by atoms with E-state index in [1.807, 2.05) is 24.3 Å². The van der Waals surface area contributed by atoms with E-state index in [9.17, 15) is 14.4 Å². The molecule has 0 aromatic heterocycles. The first-order chi connectivity index (χ1) is 16.0. The Kier molecular flexibility index (Phi) is 6.92. The van der Waals surface area contributed by atoms with Crippen molar-refractivity contribution < 1.29 is 14.4 Å². The van der Waals surface area contributed by atoms with Crippen LogP contribution >= 0.6 is 0 Å². The van der Waals surface area contributed by atoms with Gasteiger partial charge in [0, 0.05) is 32.2 Å². The molecule has 2 heterocycles. The highest BCUT2D eigenvalue weighted by molar-refractivity contribution is 6.35. The molecule has 33 heavy (non-hydrogen) atoms. The monoisotopic (exact) mass is 445 g/mol. The maximum absolute atomic E-state index is 13.5. The average molecular weight is 446 g/mol. The molecule has 0 saturated heterocycles. The van der Waals surface area contributed by atoms with Gasteiger partial charge in [0.2, 0.25) is 5.91 Å². The molecule has 2 aromatic carbocycles. The first-order valence-corrected chi connectivity index (χ1v) is 11.8. The molecule has 2 aliphatic heterocycles. The number of nitrogens with zero attached hydrogens (tertiary/aromatic N) is 2. The van der Waals surface area contributed by atoms with E-state index < -0.39 is 0 Å². The largest absolute Gasteiger partial charge is 0.362 e. The standard InChI is InChI=1S/C27H31N3O3/c1-3-4-5-8-16-30-26(32)24(21-11-13-23(14-12-21)28-19(2)31)25(27(30)33)29-17-15-20-9-6-7-10-22(20)18-29/h6-7,9-14H,3-5,8,15-18H2,1-2H3,(H,28,31). The predicted molar refractivity (Wildman–Crippen MR) is 129 cm³/mol. The molecule has 6 nitrogen and oxygen atoms in total. The zero-order valence-electron chi connectivity index (χ0n) is 19.4. The summed E-state index contributed by atoms with van der Waals surface area (Å²) in [5.41, 5.74) is 4.81. The maximum atomic E-state index is 13.5. The number of rotatable bonds is 8. The lowest BCUT2D eigenvalue weighted by molar-refractivity contribution is -0.137. The molecule has 0 spiro atoms. The van der Waals surface area contributed by atoms with E-state index in [4.69, 9.17) is 0 Å². The fraction of sp³-hybridized carbons (Fsp3) is 0.370. The van der Waals surface area contributed by atoms with Gasteiger partial charge in [0.05, 0.1) is 5.57 Å². The number of anilines is 1. The summed E-state index contributed by atoms with van der Waals surface area (Å²) in [7, 11) is 0. The fourth-order valence-corrected chi connectivity index (χ4v) is 4.63. The summed E-state index contributed by atoms with van der Waals surface area (Å²) < 4.78 is 0. The molecule has 3 amide bonds. The van der Waals surface area contributed by atoms with Gasteiger partial charge in [-0.3, -0.25) is 19.3 Å². The number of amides is 3.